The molecule has 0 aliphatic heterocycles. The van der Waals surface area contributed by atoms with Gasteiger partial charge < -0.3 is 9.47 Å². The number of ether oxygens (including phenoxy) is 2. The minimum atomic E-state index is -3.77. The molecule has 6 heteroatoms. The van der Waals surface area contributed by atoms with Crippen molar-refractivity contribution in [2.45, 2.75) is 11.8 Å². The lowest BCUT2D eigenvalue weighted by atomic mass is 10.2. The first kappa shape index (κ1) is 20.5. The number of hydrogen-bond acceptors (Lipinski definition) is 4. The van der Waals surface area contributed by atoms with Gasteiger partial charge in [-0.15, -0.1) is 6.58 Å². The van der Waals surface area contributed by atoms with Gasteiger partial charge in [0.1, 0.15) is 17.2 Å². The molecule has 0 aromatic heterocycles. The summed E-state index contributed by atoms with van der Waals surface area (Å²) in [7, 11) is -2.21. The summed E-state index contributed by atoms with van der Waals surface area (Å²) in [4.78, 5) is 0.197. The number of hydrogen-bond donors (Lipinski definition) is 0. The minimum Gasteiger partial charge on any atom is -0.496 e. The fourth-order valence-electron chi connectivity index (χ4n) is 2.90. The summed E-state index contributed by atoms with van der Waals surface area (Å²) in [5.74, 6) is 1.97. The first-order chi connectivity index (χ1) is 14.0. The molecule has 0 saturated heterocycles. The summed E-state index contributed by atoms with van der Waals surface area (Å²) < 4.78 is 38.8. The minimum absolute atomic E-state index is 0.145. The molecule has 3 rings (SSSR count). The lowest BCUT2D eigenvalue weighted by molar-refractivity contribution is 0.411. The van der Waals surface area contributed by atoms with E-state index in [0.717, 1.165) is 5.56 Å². The van der Waals surface area contributed by atoms with Crippen molar-refractivity contribution < 1.29 is 17.9 Å². The lowest BCUT2D eigenvalue weighted by Gasteiger charge is -2.24. The fraction of sp³-hybridized carbons (Fsp3) is 0.130. The van der Waals surface area contributed by atoms with Gasteiger partial charge in [0.2, 0.25) is 0 Å². The standard InChI is InChI=1S/C23H23NO4S/c1-4-16-24(29(25,26)22-14-15-23(27-3)18(2)17-22)19-10-12-21(13-11-19)28-20-8-6-5-7-9-20/h4-15,17H,1,16H2,2-3H3. The molecule has 3 aromatic rings. The van der Waals surface area contributed by atoms with E-state index in [1.54, 1.807) is 55.7 Å². The third kappa shape index (κ3) is 4.60. The highest BCUT2D eigenvalue weighted by Gasteiger charge is 2.24. The second-order valence-corrected chi connectivity index (χ2v) is 8.23. The van der Waals surface area contributed by atoms with Gasteiger partial charge in [0.25, 0.3) is 10.0 Å². The van der Waals surface area contributed by atoms with Crippen molar-refractivity contribution in [2.24, 2.45) is 0 Å². The smallest absolute Gasteiger partial charge is 0.264 e. The maximum atomic E-state index is 13.3. The van der Waals surface area contributed by atoms with Crippen LogP contribution in [0.15, 0.2) is 90.3 Å². The van der Waals surface area contributed by atoms with E-state index >= 15 is 0 Å². The maximum Gasteiger partial charge on any atom is 0.264 e. The predicted molar refractivity (Wildman–Crippen MR) is 115 cm³/mol. The Morgan fingerprint density at radius 3 is 2.21 bits per heavy atom. The monoisotopic (exact) mass is 409 g/mol. The third-order valence-electron chi connectivity index (χ3n) is 4.35. The number of nitrogens with zero attached hydrogens (tertiary/aromatic N) is 1. The van der Waals surface area contributed by atoms with E-state index < -0.39 is 10.0 Å². The molecule has 3 aromatic carbocycles. The van der Waals surface area contributed by atoms with Crippen LogP contribution in [0.5, 0.6) is 17.2 Å². The normalized spacial score (nSPS) is 11.0. The Hall–Kier alpha value is -3.25. The van der Waals surface area contributed by atoms with Gasteiger partial charge in [0.05, 0.1) is 24.2 Å². The van der Waals surface area contributed by atoms with Gasteiger partial charge in [-0.3, -0.25) is 4.31 Å². The molecule has 0 atom stereocenters. The zero-order valence-corrected chi connectivity index (χ0v) is 17.2. The van der Waals surface area contributed by atoms with Crippen molar-refractivity contribution in [3.8, 4) is 17.2 Å². The van der Waals surface area contributed by atoms with E-state index in [1.807, 2.05) is 37.3 Å². The van der Waals surface area contributed by atoms with E-state index in [2.05, 4.69) is 6.58 Å². The zero-order chi connectivity index (χ0) is 20.9. The average molecular weight is 410 g/mol. The second kappa shape index (κ2) is 8.84. The molecule has 5 nitrogen and oxygen atoms in total. The predicted octanol–water partition coefficient (Wildman–Crippen LogP) is 5.18. The summed E-state index contributed by atoms with van der Waals surface area (Å²) in [6.45, 7) is 5.66. The van der Waals surface area contributed by atoms with Crippen molar-refractivity contribution in [1.29, 1.82) is 0 Å². The van der Waals surface area contributed by atoms with E-state index in [0.29, 0.717) is 22.9 Å². The molecule has 0 bridgehead atoms. The van der Waals surface area contributed by atoms with Gasteiger partial charge in [-0.1, -0.05) is 24.3 Å². The van der Waals surface area contributed by atoms with Crippen molar-refractivity contribution in [3.63, 3.8) is 0 Å². The van der Waals surface area contributed by atoms with Gasteiger partial charge in [0, 0.05) is 0 Å². The number of methoxy groups -OCH3 is 1. The third-order valence-corrected chi connectivity index (χ3v) is 6.14. The van der Waals surface area contributed by atoms with Gasteiger partial charge >= 0.3 is 0 Å². The molecule has 150 valence electrons. The van der Waals surface area contributed by atoms with Crippen LogP contribution in [-0.2, 0) is 10.0 Å². The summed E-state index contributed by atoms with van der Waals surface area (Å²) in [5, 5.41) is 0. The summed E-state index contributed by atoms with van der Waals surface area (Å²) in [6.07, 6.45) is 1.56. The highest BCUT2D eigenvalue weighted by atomic mass is 32.2. The van der Waals surface area contributed by atoms with Gasteiger partial charge in [-0.2, -0.15) is 0 Å². The molecule has 0 amide bonds. The van der Waals surface area contributed by atoms with Gasteiger partial charge in [-0.25, -0.2) is 8.42 Å². The summed E-state index contributed by atoms with van der Waals surface area (Å²) in [6, 6.07) is 21.1. The summed E-state index contributed by atoms with van der Waals surface area (Å²) >= 11 is 0. The van der Waals surface area contributed by atoms with E-state index in [4.69, 9.17) is 9.47 Å². The van der Waals surface area contributed by atoms with Crippen molar-refractivity contribution >= 4 is 15.7 Å². The van der Waals surface area contributed by atoms with Crippen molar-refractivity contribution in [2.75, 3.05) is 18.0 Å². The van der Waals surface area contributed by atoms with Crippen molar-refractivity contribution in [3.05, 3.63) is 91.0 Å². The van der Waals surface area contributed by atoms with Crippen LogP contribution in [0.2, 0.25) is 0 Å². The second-order valence-electron chi connectivity index (χ2n) is 6.37. The Morgan fingerprint density at radius 1 is 0.966 bits per heavy atom. The molecular formula is C23H23NO4S. The zero-order valence-electron chi connectivity index (χ0n) is 16.4. The molecule has 0 radical (unpaired) electrons. The highest BCUT2D eigenvalue weighted by Crippen LogP contribution is 2.29. The Kier molecular flexibility index (Phi) is 6.24. The van der Waals surface area contributed by atoms with E-state index in [-0.39, 0.29) is 11.4 Å². The van der Waals surface area contributed by atoms with Gasteiger partial charge in [-0.05, 0) is 67.1 Å². The topological polar surface area (TPSA) is 55.8 Å². The first-order valence-electron chi connectivity index (χ1n) is 9.07. The number of para-hydroxylation sites is 1. The fourth-order valence-corrected chi connectivity index (χ4v) is 4.42. The largest absolute Gasteiger partial charge is 0.496 e. The quantitative estimate of drug-likeness (QED) is 0.481. The molecule has 0 fully saturated rings. The molecule has 0 saturated carbocycles. The van der Waals surface area contributed by atoms with Crippen LogP contribution in [0, 0.1) is 6.92 Å². The number of aryl methyl sites for hydroxylation is 1. The van der Waals surface area contributed by atoms with Gasteiger partial charge in [0.15, 0.2) is 0 Å². The van der Waals surface area contributed by atoms with Crippen LogP contribution in [0.4, 0.5) is 5.69 Å². The molecule has 0 aliphatic carbocycles. The molecule has 29 heavy (non-hydrogen) atoms. The molecule has 0 N–H and O–H groups in total. The highest BCUT2D eigenvalue weighted by molar-refractivity contribution is 7.92. The van der Waals surface area contributed by atoms with Crippen LogP contribution in [0.3, 0.4) is 0 Å². The number of anilines is 1. The molecule has 0 aliphatic rings. The molecule has 0 spiro atoms. The maximum absolute atomic E-state index is 13.3. The SMILES string of the molecule is C=CCN(c1ccc(Oc2ccccc2)cc1)S(=O)(=O)c1ccc(OC)c(C)c1. The van der Waals surface area contributed by atoms with Crippen LogP contribution in [-0.4, -0.2) is 22.1 Å². The molecule has 0 unspecified atom stereocenters. The van der Waals surface area contributed by atoms with Crippen LogP contribution < -0.4 is 13.8 Å². The van der Waals surface area contributed by atoms with Crippen LogP contribution in [0.25, 0.3) is 0 Å². The molecule has 0 heterocycles. The number of rotatable bonds is 8. The number of sulfonamides is 1. The Balaban J connectivity index is 1.90. The number of benzene rings is 3. The first-order valence-corrected chi connectivity index (χ1v) is 10.5. The van der Waals surface area contributed by atoms with Crippen LogP contribution >= 0.6 is 0 Å². The van der Waals surface area contributed by atoms with E-state index in [1.165, 1.54) is 4.31 Å². The van der Waals surface area contributed by atoms with Crippen LogP contribution in [0.1, 0.15) is 5.56 Å². The Bertz CT molecular complexity index is 1080. The van der Waals surface area contributed by atoms with E-state index in [9.17, 15) is 8.42 Å². The Morgan fingerprint density at radius 2 is 1.62 bits per heavy atom. The van der Waals surface area contributed by atoms with Crippen molar-refractivity contribution in [1.82, 2.24) is 0 Å². The lowest BCUT2D eigenvalue weighted by Crippen LogP contribution is -2.31. The Labute approximate surface area is 171 Å². The summed E-state index contributed by atoms with van der Waals surface area (Å²) in [5.41, 5.74) is 1.28. The average Bonchev–Trinajstić information content (AvgIpc) is 2.73. The molecular weight excluding hydrogens is 386 g/mol.